The summed E-state index contributed by atoms with van der Waals surface area (Å²) in [5.74, 6) is 4.81. The summed E-state index contributed by atoms with van der Waals surface area (Å²) in [5.41, 5.74) is 9.14. The highest BCUT2D eigenvalue weighted by Gasteiger charge is 2.34. The van der Waals surface area contributed by atoms with E-state index in [1.54, 1.807) is 45.3 Å². The largest absolute Gasteiger partial charge is 0.493 e. The molecule has 12 aromatic heterocycles. The standard InChI is InChI=1S/C102H98N4O8S4/c1-9-17-29-59(13-5)55-111-65-45-41-63(42-46-65)83-85-67-33-21-25-37-73(67)105-91(85)93-87(69-35-23-27-39-75(69)103(93)99(83)107)89(101(105)109)79-51-49-77(115-79)81-53-71-95(113-57-61(15-7)31-19-11-3)98-72(96(97(71)117-81)114-58-62(16-8)32-20-12-4)54-82(118-98)78-50-52-80(116-78)90-88-70-36-24-28-40-76(70)104-94(88)92-86(68-34-22-26-38-74(68)106(92)102(90)110)84(100(104)108)64-43-47-66(48-44-64)112-56-60(14-6)30-18-10-2/h21-28,33-54,59-62H,9-20,29-32,55-58H2,1-8H3. The molecule has 7 aromatic carbocycles. The Morgan fingerprint density at radius 2 is 0.568 bits per heavy atom. The lowest BCUT2D eigenvalue weighted by molar-refractivity contribution is 0.233. The molecule has 0 radical (unpaired) electrons. The summed E-state index contributed by atoms with van der Waals surface area (Å²) in [6.45, 7) is 20.3. The van der Waals surface area contributed by atoms with E-state index in [0.29, 0.717) is 72.4 Å². The van der Waals surface area contributed by atoms with Gasteiger partial charge in [0.25, 0.3) is 22.2 Å². The fourth-order valence-corrected chi connectivity index (χ4v) is 23.5. The Kier molecular flexibility index (Phi) is 21.1. The van der Waals surface area contributed by atoms with Crippen LogP contribution in [-0.2, 0) is 0 Å². The molecule has 0 bridgehead atoms. The fourth-order valence-electron chi connectivity index (χ4n) is 18.9. The average Bonchev–Trinajstić information content (AvgIpc) is 1.51. The van der Waals surface area contributed by atoms with Crippen LogP contribution in [0.15, 0.2) is 201 Å². The van der Waals surface area contributed by atoms with Gasteiger partial charge in [0.05, 0.1) is 102 Å². The van der Waals surface area contributed by atoms with E-state index in [0.717, 1.165) is 261 Å². The second kappa shape index (κ2) is 32.3. The zero-order valence-corrected chi connectivity index (χ0v) is 71.7. The van der Waals surface area contributed by atoms with Gasteiger partial charge >= 0.3 is 0 Å². The van der Waals surface area contributed by atoms with Crippen LogP contribution in [0.4, 0.5) is 0 Å². The maximum absolute atomic E-state index is 16.3. The third kappa shape index (κ3) is 12.8. The normalized spacial score (nSPS) is 13.4. The number of unbranched alkanes of at least 4 members (excludes halogenated alkanes) is 4. The summed E-state index contributed by atoms with van der Waals surface area (Å²) in [4.78, 5) is 70.0. The van der Waals surface area contributed by atoms with Crippen molar-refractivity contribution >= 4 is 153 Å². The highest BCUT2D eigenvalue weighted by atomic mass is 32.1. The molecule has 4 unspecified atom stereocenters. The number of thiophene rings is 4. The van der Waals surface area contributed by atoms with Crippen LogP contribution in [0.1, 0.15) is 158 Å². The van der Waals surface area contributed by atoms with E-state index in [1.807, 2.05) is 139 Å². The zero-order valence-electron chi connectivity index (χ0n) is 68.5. The number of nitrogens with zero attached hydrogens (tertiary/aromatic N) is 4. The number of ether oxygens (including phenoxy) is 4. The van der Waals surface area contributed by atoms with Crippen LogP contribution < -0.4 is 41.2 Å². The van der Waals surface area contributed by atoms with Gasteiger partial charge in [0.1, 0.15) is 23.0 Å². The topological polar surface area (TPSA) is 123 Å². The predicted octanol–water partition coefficient (Wildman–Crippen LogP) is 27.7. The molecular formula is C102H98N4O8S4. The molecular weight excluding hydrogens is 1540 g/mol. The molecule has 0 aliphatic rings. The lowest BCUT2D eigenvalue weighted by atomic mass is 9.99. The molecule has 0 fully saturated rings. The molecule has 0 saturated carbocycles. The molecule has 19 aromatic rings. The minimum absolute atomic E-state index is 0.138. The van der Waals surface area contributed by atoms with Gasteiger partial charge in [0.2, 0.25) is 0 Å². The number of aromatic nitrogens is 4. The van der Waals surface area contributed by atoms with Crippen LogP contribution >= 0.6 is 45.3 Å². The quantitative estimate of drug-likeness (QED) is 0.0391. The number of rotatable bonds is 34. The second-order valence-electron chi connectivity index (χ2n) is 32.7. The Morgan fingerprint density at radius 3 is 0.873 bits per heavy atom. The van der Waals surface area contributed by atoms with E-state index in [1.165, 1.54) is 12.8 Å². The van der Waals surface area contributed by atoms with Gasteiger partial charge in [-0.25, -0.2) is 0 Å². The molecule has 0 saturated heterocycles. The van der Waals surface area contributed by atoms with Crippen LogP contribution in [0.5, 0.6) is 23.0 Å². The first kappa shape index (κ1) is 77.3. The van der Waals surface area contributed by atoms with E-state index in [4.69, 9.17) is 18.9 Å². The molecule has 0 aliphatic carbocycles. The van der Waals surface area contributed by atoms with Crippen LogP contribution in [0, 0.1) is 23.7 Å². The molecule has 0 amide bonds. The van der Waals surface area contributed by atoms with Crippen molar-refractivity contribution in [1.29, 1.82) is 0 Å². The summed E-state index contributed by atoms with van der Waals surface area (Å²) < 4.78 is 37.2. The molecule has 0 aliphatic heterocycles. The molecule has 598 valence electrons. The summed E-state index contributed by atoms with van der Waals surface area (Å²) in [6.07, 6.45) is 17.5. The van der Waals surface area contributed by atoms with E-state index in [2.05, 4.69) is 116 Å². The number of hydrogen-bond acceptors (Lipinski definition) is 12. The molecule has 118 heavy (non-hydrogen) atoms. The number of fused-ring (bicyclic) bond motifs is 14. The van der Waals surface area contributed by atoms with Crippen molar-refractivity contribution < 1.29 is 18.9 Å². The van der Waals surface area contributed by atoms with Gasteiger partial charge < -0.3 is 18.9 Å². The van der Waals surface area contributed by atoms with Crippen molar-refractivity contribution in [2.45, 2.75) is 158 Å². The molecule has 19 rings (SSSR count). The summed E-state index contributed by atoms with van der Waals surface area (Å²) in [6, 6.07) is 61.3. The third-order valence-electron chi connectivity index (χ3n) is 25.5. The Balaban J connectivity index is 0.749. The van der Waals surface area contributed by atoms with Crippen molar-refractivity contribution in [1.82, 2.24) is 17.6 Å². The summed E-state index contributed by atoms with van der Waals surface area (Å²) in [7, 11) is 0. The van der Waals surface area contributed by atoms with Gasteiger partial charge in [0.15, 0.2) is 0 Å². The molecule has 12 nitrogen and oxygen atoms in total. The summed E-state index contributed by atoms with van der Waals surface area (Å²) >= 11 is 6.62. The zero-order chi connectivity index (χ0) is 80.7. The summed E-state index contributed by atoms with van der Waals surface area (Å²) in [5, 5.41) is 8.42. The van der Waals surface area contributed by atoms with E-state index in [9.17, 15) is 0 Å². The van der Waals surface area contributed by atoms with Gasteiger partial charge in [-0.05, 0) is 145 Å². The minimum Gasteiger partial charge on any atom is -0.493 e. The predicted molar refractivity (Wildman–Crippen MR) is 499 cm³/mol. The molecule has 0 spiro atoms. The van der Waals surface area contributed by atoms with Crippen molar-refractivity contribution in [3.05, 3.63) is 223 Å². The van der Waals surface area contributed by atoms with E-state index in [-0.39, 0.29) is 22.2 Å². The maximum atomic E-state index is 16.3. The number of hydrogen-bond donors (Lipinski definition) is 0. The molecule has 16 heteroatoms. The van der Waals surface area contributed by atoms with Crippen molar-refractivity contribution in [2.24, 2.45) is 23.7 Å². The van der Waals surface area contributed by atoms with Crippen molar-refractivity contribution in [3.63, 3.8) is 0 Å². The maximum Gasteiger partial charge on any atom is 0.265 e. The first-order chi connectivity index (χ1) is 57.9. The third-order valence-corrected chi connectivity index (χ3v) is 30.4. The van der Waals surface area contributed by atoms with Crippen molar-refractivity contribution in [2.75, 3.05) is 26.4 Å². The lowest BCUT2D eigenvalue weighted by Gasteiger charge is -2.19. The Bertz CT molecular complexity index is 6720. The number of para-hydroxylation sites is 4. The Hall–Kier alpha value is -10.6. The highest BCUT2D eigenvalue weighted by Crippen LogP contribution is 2.56. The molecule has 4 atom stereocenters. The minimum atomic E-state index is -0.139. The lowest BCUT2D eigenvalue weighted by Crippen LogP contribution is -2.19. The fraction of sp³-hybridized carbons (Fsp3) is 0.314. The highest BCUT2D eigenvalue weighted by molar-refractivity contribution is 7.29. The Labute approximate surface area is 701 Å². The van der Waals surface area contributed by atoms with Crippen molar-refractivity contribution in [3.8, 4) is 85.6 Å². The van der Waals surface area contributed by atoms with Crippen LogP contribution in [0.3, 0.4) is 0 Å². The first-order valence-electron chi connectivity index (χ1n) is 43.1. The van der Waals surface area contributed by atoms with Gasteiger partial charge in [-0.3, -0.25) is 36.8 Å². The van der Waals surface area contributed by atoms with Crippen LogP contribution in [-0.4, -0.2) is 44.0 Å². The SMILES string of the molecule is CCCCC(CC)COc1ccc(-c2c(=O)n3c4ccccc4c4c(-c5ccc(-c6cc7c(OCC(CC)CCCC)c8sc(-c9ccc(-c%10c(=O)n%11c%12ccccc%12c%12c(-c%13ccc(OCC(CC)CCCC)cc%13)c(=O)n%13c%14ccccc%14c%10c%13c%12%11)s9)cc8c(OCC(CC)CCCC)c7s6)s5)c(=O)n5c6ccccc6c2c5c43)cc1. The first-order valence-corrected chi connectivity index (χ1v) is 46.4. The Morgan fingerprint density at radius 1 is 0.288 bits per heavy atom. The van der Waals surface area contributed by atoms with Crippen LogP contribution in [0.25, 0.3) is 170 Å². The van der Waals surface area contributed by atoms with E-state index < -0.39 is 0 Å². The smallest absolute Gasteiger partial charge is 0.265 e. The molecule has 0 N–H and O–H groups in total. The second-order valence-corrected chi connectivity index (χ2v) is 36.9. The van der Waals surface area contributed by atoms with Gasteiger partial charge in [-0.1, -0.05) is 230 Å². The van der Waals surface area contributed by atoms with Crippen LogP contribution in [0.2, 0.25) is 0 Å². The number of pyridine rings is 4. The average molecular weight is 1640 g/mol. The van der Waals surface area contributed by atoms with Gasteiger partial charge in [-0.2, -0.15) is 0 Å². The van der Waals surface area contributed by atoms with Gasteiger partial charge in [-0.15, -0.1) is 45.3 Å². The number of benzene rings is 7. The van der Waals surface area contributed by atoms with E-state index >= 15 is 19.2 Å². The van der Waals surface area contributed by atoms with Gasteiger partial charge in [0, 0.05) is 83.1 Å². The monoisotopic (exact) mass is 1630 g/mol. The molecule has 12 heterocycles.